The Morgan fingerprint density at radius 3 is 3.05 bits per heavy atom. The number of unbranched alkanes of at least 4 members (excludes halogenated alkanes) is 1. The number of halogens is 1. The van der Waals surface area contributed by atoms with Gasteiger partial charge in [0.25, 0.3) is 0 Å². The molecule has 0 bridgehead atoms. The van der Waals surface area contributed by atoms with Gasteiger partial charge in [0.1, 0.15) is 5.75 Å². The minimum atomic E-state index is -0.109. The standard InChI is InChI=1S/C13H15ClN2O2S/c1-18-12-5-4-10(14)8-11(12)16-13(17)9-19-7-3-2-6-15/h4-5,8H,2-3,7,9H2,1H3,(H,16,17). The van der Waals surface area contributed by atoms with Crippen molar-refractivity contribution < 1.29 is 9.53 Å². The van der Waals surface area contributed by atoms with Gasteiger partial charge in [-0.2, -0.15) is 17.0 Å². The first-order valence-corrected chi connectivity index (χ1v) is 7.28. The average molecular weight is 299 g/mol. The Balaban J connectivity index is 2.44. The lowest BCUT2D eigenvalue weighted by Gasteiger charge is -2.10. The molecule has 0 saturated heterocycles. The molecule has 0 aliphatic rings. The van der Waals surface area contributed by atoms with Crippen LogP contribution in [0, 0.1) is 11.3 Å². The van der Waals surface area contributed by atoms with Crippen molar-refractivity contribution in [1.82, 2.24) is 0 Å². The van der Waals surface area contributed by atoms with Crippen LogP contribution in [0.1, 0.15) is 12.8 Å². The van der Waals surface area contributed by atoms with Crippen molar-refractivity contribution >= 4 is 35.0 Å². The molecular formula is C13H15ClN2O2S. The van der Waals surface area contributed by atoms with Gasteiger partial charge in [-0.1, -0.05) is 11.6 Å². The van der Waals surface area contributed by atoms with Crippen LogP contribution in [0.5, 0.6) is 5.75 Å². The Hall–Kier alpha value is -1.38. The first kappa shape index (κ1) is 15.7. The Morgan fingerprint density at radius 1 is 1.58 bits per heavy atom. The molecule has 4 nitrogen and oxygen atoms in total. The van der Waals surface area contributed by atoms with Crippen molar-refractivity contribution in [3.8, 4) is 11.8 Å². The Morgan fingerprint density at radius 2 is 2.37 bits per heavy atom. The average Bonchev–Trinajstić information content (AvgIpc) is 2.39. The zero-order valence-electron chi connectivity index (χ0n) is 10.6. The van der Waals surface area contributed by atoms with Crippen LogP contribution in [0.15, 0.2) is 18.2 Å². The monoisotopic (exact) mass is 298 g/mol. The summed E-state index contributed by atoms with van der Waals surface area (Å²) in [7, 11) is 1.54. The molecule has 0 unspecified atom stereocenters. The third kappa shape index (κ3) is 5.86. The molecule has 0 saturated carbocycles. The van der Waals surface area contributed by atoms with E-state index in [1.165, 1.54) is 18.9 Å². The third-order valence-corrected chi connectivity index (χ3v) is 3.52. The molecule has 1 rings (SSSR count). The molecule has 0 radical (unpaired) electrons. The number of ether oxygens (including phenoxy) is 1. The van der Waals surface area contributed by atoms with Gasteiger partial charge in [0.2, 0.25) is 5.91 Å². The van der Waals surface area contributed by atoms with Crippen LogP contribution in [0.2, 0.25) is 5.02 Å². The van der Waals surface area contributed by atoms with Crippen molar-refractivity contribution in [1.29, 1.82) is 5.26 Å². The van der Waals surface area contributed by atoms with E-state index in [4.69, 9.17) is 21.6 Å². The maximum absolute atomic E-state index is 11.7. The summed E-state index contributed by atoms with van der Waals surface area (Å²) in [4.78, 5) is 11.7. The number of nitrogens with one attached hydrogen (secondary N) is 1. The van der Waals surface area contributed by atoms with Gasteiger partial charge in [-0.3, -0.25) is 4.79 Å². The van der Waals surface area contributed by atoms with Crippen molar-refractivity contribution in [2.75, 3.05) is 23.9 Å². The van der Waals surface area contributed by atoms with E-state index in [1.807, 2.05) is 0 Å². The van der Waals surface area contributed by atoms with Gasteiger partial charge in [-0.25, -0.2) is 0 Å². The summed E-state index contributed by atoms with van der Waals surface area (Å²) < 4.78 is 5.14. The zero-order valence-corrected chi connectivity index (χ0v) is 12.2. The summed E-state index contributed by atoms with van der Waals surface area (Å²) in [5.41, 5.74) is 0.567. The topological polar surface area (TPSA) is 62.1 Å². The molecule has 0 spiro atoms. The molecule has 0 heterocycles. The molecule has 6 heteroatoms. The van der Waals surface area contributed by atoms with E-state index in [-0.39, 0.29) is 5.91 Å². The van der Waals surface area contributed by atoms with Crippen LogP contribution < -0.4 is 10.1 Å². The summed E-state index contributed by atoms with van der Waals surface area (Å²) in [6.07, 6.45) is 1.33. The van der Waals surface area contributed by atoms with Gasteiger partial charge < -0.3 is 10.1 Å². The molecule has 1 N–H and O–H groups in total. The minimum Gasteiger partial charge on any atom is -0.495 e. The Bertz CT molecular complexity index is 474. The molecule has 0 aliphatic heterocycles. The van der Waals surface area contributed by atoms with Crippen molar-refractivity contribution in [2.45, 2.75) is 12.8 Å². The van der Waals surface area contributed by atoms with E-state index >= 15 is 0 Å². The highest BCUT2D eigenvalue weighted by Crippen LogP contribution is 2.27. The number of hydrogen-bond donors (Lipinski definition) is 1. The molecule has 1 amide bonds. The van der Waals surface area contributed by atoms with Crippen LogP contribution in [0.3, 0.4) is 0 Å². The fourth-order valence-electron chi connectivity index (χ4n) is 1.38. The summed E-state index contributed by atoms with van der Waals surface area (Å²) in [5.74, 6) is 1.61. The summed E-state index contributed by atoms with van der Waals surface area (Å²) >= 11 is 7.38. The number of carbonyl (C=O) groups excluding carboxylic acids is 1. The van der Waals surface area contributed by atoms with E-state index in [0.717, 1.165) is 12.2 Å². The highest BCUT2D eigenvalue weighted by atomic mass is 35.5. The predicted molar refractivity (Wildman–Crippen MR) is 78.8 cm³/mol. The third-order valence-electron chi connectivity index (χ3n) is 2.25. The van der Waals surface area contributed by atoms with Crippen LogP contribution >= 0.6 is 23.4 Å². The molecule has 0 aliphatic carbocycles. The summed E-state index contributed by atoms with van der Waals surface area (Å²) in [5, 5.41) is 11.7. The Kier molecular flexibility index (Phi) is 7.16. The fraction of sp³-hybridized carbons (Fsp3) is 0.385. The second-order valence-electron chi connectivity index (χ2n) is 3.71. The second kappa shape index (κ2) is 8.68. The van der Waals surface area contributed by atoms with E-state index in [1.54, 1.807) is 18.2 Å². The predicted octanol–water partition coefficient (Wildman–Crippen LogP) is 3.32. The lowest BCUT2D eigenvalue weighted by Crippen LogP contribution is -2.15. The normalized spacial score (nSPS) is 9.74. The SMILES string of the molecule is COc1ccc(Cl)cc1NC(=O)CSCCCC#N. The van der Waals surface area contributed by atoms with E-state index < -0.39 is 0 Å². The highest BCUT2D eigenvalue weighted by Gasteiger charge is 2.08. The number of thioether (sulfide) groups is 1. The van der Waals surface area contributed by atoms with Gasteiger partial charge >= 0.3 is 0 Å². The number of nitriles is 1. The van der Waals surface area contributed by atoms with Crippen molar-refractivity contribution in [3.63, 3.8) is 0 Å². The summed E-state index contributed by atoms with van der Waals surface area (Å²) in [6.45, 7) is 0. The summed E-state index contributed by atoms with van der Waals surface area (Å²) in [6, 6.07) is 7.13. The molecule has 1 aromatic rings. The zero-order chi connectivity index (χ0) is 14.1. The van der Waals surface area contributed by atoms with Crippen LogP contribution in [0.25, 0.3) is 0 Å². The smallest absolute Gasteiger partial charge is 0.234 e. The number of anilines is 1. The van der Waals surface area contributed by atoms with Crippen LogP contribution in [-0.2, 0) is 4.79 Å². The number of rotatable bonds is 7. The number of benzene rings is 1. The van der Waals surface area contributed by atoms with Gasteiger partial charge in [0.05, 0.1) is 24.6 Å². The van der Waals surface area contributed by atoms with Gasteiger partial charge in [-0.15, -0.1) is 0 Å². The maximum atomic E-state index is 11.7. The fourth-order valence-corrected chi connectivity index (χ4v) is 2.30. The number of methoxy groups -OCH3 is 1. The molecule has 19 heavy (non-hydrogen) atoms. The number of nitrogens with zero attached hydrogens (tertiary/aromatic N) is 1. The minimum absolute atomic E-state index is 0.109. The molecule has 102 valence electrons. The number of amides is 1. The lowest BCUT2D eigenvalue weighted by molar-refractivity contribution is -0.113. The Labute approximate surface area is 122 Å². The van der Waals surface area contributed by atoms with Gasteiger partial charge in [0.15, 0.2) is 0 Å². The molecule has 0 aromatic heterocycles. The largest absolute Gasteiger partial charge is 0.495 e. The van der Waals surface area contributed by atoms with Crippen LogP contribution in [-0.4, -0.2) is 24.5 Å². The molecule has 1 aromatic carbocycles. The first-order chi connectivity index (χ1) is 9.17. The van der Waals surface area contributed by atoms with Crippen molar-refractivity contribution in [3.05, 3.63) is 23.2 Å². The van der Waals surface area contributed by atoms with E-state index in [0.29, 0.717) is 28.6 Å². The van der Waals surface area contributed by atoms with Crippen LogP contribution in [0.4, 0.5) is 5.69 Å². The van der Waals surface area contributed by atoms with Gasteiger partial charge in [-0.05, 0) is 30.4 Å². The maximum Gasteiger partial charge on any atom is 0.234 e. The molecule has 0 fully saturated rings. The van der Waals surface area contributed by atoms with Crippen molar-refractivity contribution in [2.24, 2.45) is 0 Å². The number of carbonyl (C=O) groups is 1. The quantitative estimate of drug-likeness (QED) is 0.784. The molecule has 0 atom stereocenters. The van der Waals surface area contributed by atoms with Gasteiger partial charge in [0, 0.05) is 11.4 Å². The highest BCUT2D eigenvalue weighted by molar-refractivity contribution is 7.99. The first-order valence-electron chi connectivity index (χ1n) is 5.75. The lowest BCUT2D eigenvalue weighted by atomic mass is 10.3. The van der Waals surface area contributed by atoms with E-state index in [9.17, 15) is 4.79 Å². The second-order valence-corrected chi connectivity index (χ2v) is 5.25. The molecular weight excluding hydrogens is 284 g/mol. The number of hydrogen-bond acceptors (Lipinski definition) is 4. The van der Waals surface area contributed by atoms with E-state index in [2.05, 4.69) is 11.4 Å².